The molecule has 0 N–H and O–H groups in total. The first-order valence-corrected chi connectivity index (χ1v) is 14.9. The Kier molecular flexibility index (Phi) is 6.60. The van der Waals surface area contributed by atoms with Gasteiger partial charge in [-0.1, -0.05) is 88.2 Å². The summed E-state index contributed by atoms with van der Waals surface area (Å²) in [5.41, 5.74) is 2.50. The van der Waals surface area contributed by atoms with Crippen molar-refractivity contribution in [3.8, 4) is 0 Å². The molecule has 1 heteroatoms. The molecule has 3 saturated carbocycles. The number of allylic oxidation sites excluding steroid dienone is 2. The summed E-state index contributed by atoms with van der Waals surface area (Å²) in [6, 6.07) is 0. The van der Waals surface area contributed by atoms with Crippen molar-refractivity contribution in [1.82, 2.24) is 0 Å². The van der Waals surface area contributed by atoms with Crippen LogP contribution in [0.15, 0.2) is 11.6 Å². The van der Waals surface area contributed by atoms with Gasteiger partial charge in [0, 0.05) is 5.92 Å². The van der Waals surface area contributed by atoms with Gasteiger partial charge < -0.3 is 0 Å². The molecule has 0 saturated heterocycles. The number of carbonyl (C=O) groups excluding carboxylic acids is 1. The van der Waals surface area contributed by atoms with E-state index in [0.29, 0.717) is 29.0 Å². The second-order valence-electron chi connectivity index (χ2n) is 15.6. The predicted octanol–water partition coefficient (Wildman–Crippen LogP) is 9.36. The third-order valence-electron chi connectivity index (χ3n) is 13.1. The summed E-state index contributed by atoms with van der Waals surface area (Å²) < 4.78 is 0. The van der Waals surface area contributed by atoms with Gasteiger partial charge in [0.05, 0.1) is 0 Å². The summed E-state index contributed by atoms with van der Waals surface area (Å²) in [4.78, 5) is 13.7. The molecule has 4 aliphatic carbocycles. The highest BCUT2D eigenvalue weighted by molar-refractivity contribution is 5.94. The van der Waals surface area contributed by atoms with Crippen LogP contribution in [0.3, 0.4) is 0 Å². The third kappa shape index (κ3) is 3.63. The first-order chi connectivity index (χ1) is 15.6. The Morgan fingerprint density at radius 2 is 1.62 bits per heavy atom. The lowest BCUT2D eigenvalue weighted by Gasteiger charge is -2.64. The second kappa shape index (κ2) is 8.48. The maximum absolute atomic E-state index is 13.7. The van der Waals surface area contributed by atoms with E-state index in [2.05, 4.69) is 82.2 Å². The fraction of sp³-hybridized carbons (Fsp3) is 0.909. The average molecular weight is 469 g/mol. The zero-order valence-corrected chi connectivity index (χ0v) is 24.6. The van der Waals surface area contributed by atoms with Gasteiger partial charge in [-0.2, -0.15) is 0 Å². The van der Waals surface area contributed by atoms with Crippen molar-refractivity contribution in [1.29, 1.82) is 0 Å². The summed E-state index contributed by atoms with van der Waals surface area (Å²) in [5.74, 6) is 5.59. The Morgan fingerprint density at radius 3 is 2.24 bits per heavy atom. The van der Waals surface area contributed by atoms with Gasteiger partial charge >= 0.3 is 0 Å². The summed E-state index contributed by atoms with van der Waals surface area (Å²) in [7, 11) is 0. The summed E-state index contributed by atoms with van der Waals surface area (Å²) in [6.45, 7) is 27.5. The van der Waals surface area contributed by atoms with Crippen molar-refractivity contribution in [2.45, 2.75) is 121 Å². The van der Waals surface area contributed by atoms with Gasteiger partial charge in [0.25, 0.3) is 0 Å². The quantitative estimate of drug-likeness (QED) is 0.393. The minimum absolute atomic E-state index is 0.148. The van der Waals surface area contributed by atoms with E-state index >= 15 is 0 Å². The fourth-order valence-corrected chi connectivity index (χ4v) is 10.4. The molecule has 0 aliphatic heterocycles. The Labute approximate surface area is 212 Å². The molecular formula is C33H56O. The smallest absolute Gasteiger partial charge is 0.159 e. The molecule has 0 amide bonds. The highest BCUT2D eigenvalue weighted by Crippen LogP contribution is 2.75. The highest BCUT2D eigenvalue weighted by atomic mass is 16.1. The molecule has 0 aromatic heterocycles. The number of hydrogen-bond donors (Lipinski definition) is 0. The molecule has 194 valence electrons. The maximum Gasteiger partial charge on any atom is 0.159 e. The Morgan fingerprint density at radius 1 is 0.971 bits per heavy atom. The van der Waals surface area contributed by atoms with Gasteiger partial charge in [-0.25, -0.2) is 0 Å². The molecular weight excluding hydrogens is 412 g/mol. The summed E-state index contributed by atoms with van der Waals surface area (Å²) >= 11 is 0. The zero-order valence-electron chi connectivity index (χ0n) is 24.6. The van der Waals surface area contributed by atoms with Crippen LogP contribution < -0.4 is 0 Å². The third-order valence-corrected chi connectivity index (χ3v) is 13.1. The number of fused-ring (bicyclic) bond motifs is 5. The van der Waals surface area contributed by atoms with Crippen LogP contribution in [0.2, 0.25) is 0 Å². The second-order valence-corrected chi connectivity index (χ2v) is 15.6. The van der Waals surface area contributed by atoms with E-state index in [4.69, 9.17) is 0 Å². The van der Waals surface area contributed by atoms with Crippen LogP contribution in [-0.2, 0) is 4.79 Å². The summed E-state index contributed by atoms with van der Waals surface area (Å²) in [5, 5.41) is 0. The summed E-state index contributed by atoms with van der Waals surface area (Å²) in [6.07, 6.45) is 11.1. The van der Waals surface area contributed by atoms with Crippen LogP contribution in [-0.4, -0.2) is 5.78 Å². The van der Waals surface area contributed by atoms with Crippen LogP contribution in [0.4, 0.5) is 0 Å². The SMILES string of the molecule is CC(C)CC[C@@H](C)C(C)(C)[C@H]1CC[C@@]2(C)C3=CC(=O)[C@@H]4C[C@@H](C)[C@@H](C)C[C@]4(C)C3[C@H](C)C[C@]12C. The molecule has 10 atom stereocenters. The van der Waals surface area contributed by atoms with E-state index < -0.39 is 0 Å². The standard InChI is InChI=1S/C33H56O/c1-20(2)12-13-24(6)30(7,8)28-14-15-32(10)26-17-27(34)25-16-21(3)22(4)18-31(25,9)29(26)23(5)19-33(28,32)11/h17,20-25,28-29H,12-16,18-19H2,1-11H3/t21-,22+,23-,24-,25+,28-,29?,31+,32+,33-/m1/s1. The molecule has 0 bridgehead atoms. The number of ketones is 1. The Hall–Kier alpha value is -0.590. The molecule has 4 aliphatic rings. The lowest BCUT2D eigenvalue weighted by atomic mass is 9.39. The minimum atomic E-state index is 0.148. The van der Waals surface area contributed by atoms with Crippen molar-refractivity contribution in [2.75, 3.05) is 0 Å². The van der Waals surface area contributed by atoms with E-state index in [0.717, 1.165) is 30.1 Å². The molecule has 34 heavy (non-hydrogen) atoms. The van der Waals surface area contributed by atoms with Crippen LogP contribution >= 0.6 is 0 Å². The molecule has 3 fully saturated rings. The van der Waals surface area contributed by atoms with Gasteiger partial charge in [-0.15, -0.1) is 0 Å². The lowest BCUT2D eigenvalue weighted by Crippen LogP contribution is -2.59. The highest BCUT2D eigenvalue weighted by Gasteiger charge is 2.68. The van der Waals surface area contributed by atoms with Crippen LogP contribution in [0.5, 0.6) is 0 Å². The average Bonchev–Trinajstić information content (AvgIpc) is 2.99. The first-order valence-electron chi connectivity index (χ1n) is 14.9. The van der Waals surface area contributed by atoms with Crippen molar-refractivity contribution in [3.63, 3.8) is 0 Å². The van der Waals surface area contributed by atoms with Gasteiger partial charge in [0.15, 0.2) is 5.78 Å². The number of hydrogen-bond acceptors (Lipinski definition) is 1. The van der Waals surface area contributed by atoms with E-state index in [1.807, 2.05) is 0 Å². The van der Waals surface area contributed by atoms with Gasteiger partial charge in [0.1, 0.15) is 0 Å². The van der Waals surface area contributed by atoms with Gasteiger partial charge in [0.2, 0.25) is 0 Å². The normalized spacial score (nSPS) is 47.6. The van der Waals surface area contributed by atoms with Crippen molar-refractivity contribution in [2.24, 2.45) is 69.0 Å². The van der Waals surface area contributed by atoms with Crippen molar-refractivity contribution < 1.29 is 4.79 Å². The zero-order chi connectivity index (χ0) is 25.4. The van der Waals surface area contributed by atoms with E-state index in [-0.39, 0.29) is 22.2 Å². The largest absolute Gasteiger partial charge is 0.295 e. The molecule has 1 nitrogen and oxygen atoms in total. The van der Waals surface area contributed by atoms with Crippen molar-refractivity contribution in [3.05, 3.63) is 11.6 Å². The van der Waals surface area contributed by atoms with Gasteiger partial charge in [-0.3, -0.25) is 4.79 Å². The molecule has 0 aromatic rings. The minimum Gasteiger partial charge on any atom is -0.295 e. The molecule has 4 rings (SSSR count). The first kappa shape index (κ1) is 26.5. The predicted molar refractivity (Wildman–Crippen MR) is 145 cm³/mol. The number of rotatable bonds is 5. The van der Waals surface area contributed by atoms with Gasteiger partial charge in [-0.05, 0) is 108 Å². The van der Waals surface area contributed by atoms with Crippen molar-refractivity contribution >= 4 is 5.78 Å². The van der Waals surface area contributed by atoms with E-state index in [1.54, 1.807) is 5.57 Å². The van der Waals surface area contributed by atoms with E-state index in [1.165, 1.54) is 38.5 Å². The topological polar surface area (TPSA) is 17.1 Å². The monoisotopic (exact) mass is 468 g/mol. The van der Waals surface area contributed by atoms with Crippen LogP contribution in [0.1, 0.15) is 121 Å². The molecule has 1 unspecified atom stereocenters. The van der Waals surface area contributed by atoms with Crippen LogP contribution in [0.25, 0.3) is 0 Å². The lowest BCUT2D eigenvalue weighted by molar-refractivity contribution is -0.139. The maximum atomic E-state index is 13.7. The van der Waals surface area contributed by atoms with Crippen LogP contribution in [0, 0.1) is 69.0 Å². The Balaban J connectivity index is 1.73. The Bertz CT molecular complexity index is 833. The van der Waals surface area contributed by atoms with E-state index in [9.17, 15) is 4.79 Å². The molecule has 0 heterocycles. The molecule has 0 spiro atoms. The fourth-order valence-electron chi connectivity index (χ4n) is 10.4. The molecule has 0 aromatic carbocycles. The number of carbonyl (C=O) groups is 1. The molecule has 0 radical (unpaired) electrons.